The molecule has 25 heavy (non-hydrogen) atoms. The van der Waals surface area contributed by atoms with E-state index in [0.717, 1.165) is 23.8 Å². The quantitative estimate of drug-likeness (QED) is 0.613. The Morgan fingerprint density at radius 3 is 3.16 bits per heavy atom. The van der Waals surface area contributed by atoms with Gasteiger partial charge in [0.2, 0.25) is 11.7 Å². The second-order valence-electron chi connectivity index (χ2n) is 5.78. The molecule has 2 aromatic rings. The van der Waals surface area contributed by atoms with E-state index in [-0.39, 0.29) is 0 Å². The molecule has 1 aromatic carbocycles. The van der Waals surface area contributed by atoms with Crippen molar-refractivity contribution in [1.29, 1.82) is 0 Å². The summed E-state index contributed by atoms with van der Waals surface area (Å²) in [6, 6.07) is 7.85. The number of hydrogen-bond acceptors (Lipinski definition) is 5. The van der Waals surface area contributed by atoms with Crippen LogP contribution in [0.3, 0.4) is 0 Å². The zero-order chi connectivity index (χ0) is 17.5. The third-order valence-electron chi connectivity index (χ3n) is 3.77. The predicted molar refractivity (Wildman–Crippen MR) is 103 cm³/mol. The maximum atomic E-state index is 6.01. The number of thioether (sulfide) groups is 1. The number of benzene rings is 1. The van der Waals surface area contributed by atoms with Crippen molar-refractivity contribution >= 4 is 29.3 Å². The highest BCUT2D eigenvalue weighted by Crippen LogP contribution is 2.20. The van der Waals surface area contributed by atoms with Crippen LogP contribution in [-0.2, 0) is 6.54 Å². The van der Waals surface area contributed by atoms with Crippen molar-refractivity contribution in [2.24, 2.45) is 4.99 Å². The molecule has 1 saturated heterocycles. The van der Waals surface area contributed by atoms with Crippen LogP contribution >= 0.6 is 23.4 Å². The van der Waals surface area contributed by atoms with Crippen molar-refractivity contribution in [3.63, 3.8) is 0 Å². The largest absolute Gasteiger partial charge is 0.357 e. The van der Waals surface area contributed by atoms with E-state index in [1.807, 2.05) is 36.0 Å². The molecule has 0 amide bonds. The van der Waals surface area contributed by atoms with Crippen molar-refractivity contribution in [3.8, 4) is 11.4 Å². The van der Waals surface area contributed by atoms with Crippen LogP contribution in [0.25, 0.3) is 11.4 Å². The fraction of sp³-hybridized carbons (Fsp3) is 0.471. The number of nitrogens with zero attached hydrogens (tertiary/aromatic N) is 3. The maximum Gasteiger partial charge on any atom is 0.248 e. The second kappa shape index (κ2) is 9.10. The summed E-state index contributed by atoms with van der Waals surface area (Å²) in [7, 11) is 0. The molecule has 6 nitrogen and oxygen atoms in total. The van der Waals surface area contributed by atoms with Crippen molar-refractivity contribution in [3.05, 3.63) is 35.2 Å². The van der Waals surface area contributed by atoms with Gasteiger partial charge in [0.15, 0.2) is 5.96 Å². The van der Waals surface area contributed by atoms with Crippen LogP contribution in [0.2, 0.25) is 5.02 Å². The van der Waals surface area contributed by atoms with E-state index in [4.69, 9.17) is 16.1 Å². The minimum Gasteiger partial charge on any atom is -0.357 e. The monoisotopic (exact) mass is 379 g/mol. The smallest absolute Gasteiger partial charge is 0.248 e. The topological polar surface area (TPSA) is 75.3 Å². The van der Waals surface area contributed by atoms with Gasteiger partial charge in [0.25, 0.3) is 0 Å². The second-order valence-corrected chi connectivity index (χ2v) is 7.36. The Kier molecular flexibility index (Phi) is 6.58. The summed E-state index contributed by atoms with van der Waals surface area (Å²) in [4.78, 5) is 8.96. The molecule has 3 rings (SSSR count). The molecule has 2 N–H and O–H groups in total. The third kappa shape index (κ3) is 5.37. The number of aliphatic imine (C=N–C) groups is 1. The zero-order valence-electron chi connectivity index (χ0n) is 14.2. The van der Waals surface area contributed by atoms with Crippen LogP contribution in [0.1, 0.15) is 25.7 Å². The maximum absolute atomic E-state index is 6.01. The molecule has 0 saturated carbocycles. The molecule has 0 bridgehead atoms. The average molecular weight is 380 g/mol. The summed E-state index contributed by atoms with van der Waals surface area (Å²) in [5.74, 6) is 4.15. The Morgan fingerprint density at radius 1 is 1.48 bits per heavy atom. The molecular formula is C17H22ClN5OS. The van der Waals surface area contributed by atoms with Gasteiger partial charge in [0, 0.05) is 28.9 Å². The molecule has 1 unspecified atom stereocenters. The van der Waals surface area contributed by atoms with E-state index >= 15 is 0 Å². The SMILES string of the molecule is CCNC(=NCc1nc(-c2cccc(Cl)c2)no1)NC1CCCSC1. The predicted octanol–water partition coefficient (Wildman–Crippen LogP) is 3.34. The third-order valence-corrected chi connectivity index (χ3v) is 5.22. The number of guanidine groups is 1. The molecule has 134 valence electrons. The van der Waals surface area contributed by atoms with Gasteiger partial charge in [-0.25, -0.2) is 4.99 Å². The van der Waals surface area contributed by atoms with Gasteiger partial charge in [-0.15, -0.1) is 0 Å². The summed E-state index contributed by atoms with van der Waals surface area (Å²) in [6.45, 7) is 3.20. The molecule has 1 fully saturated rings. The Morgan fingerprint density at radius 2 is 2.40 bits per heavy atom. The lowest BCUT2D eigenvalue weighted by molar-refractivity contribution is 0.380. The van der Waals surface area contributed by atoms with Crippen LogP contribution < -0.4 is 10.6 Å². The van der Waals surface area contributed by atoms with Gasteiger partial charge >= 0.3 is 0 Å². The van der Waals surface area contributed by atoms with Crippen LogP contribution in [0.15, 0.2) is 33.8 Å². The molecule has 8 heteroatoms. The molecule has 2 heterocycles. The molecule has 0 radical (unpaired) electrons. The summed E-state index contributed by atoms with van der Waals surface area (Å²) >= 11 is 7.99. The summed E-state index contributed by atoms with van der Waals surface area (Å²) in [5, 5.41) is 11.4. The first-order valence-electron chi connectivity index (χ1n) is 8.45. The first-order chi connectivity index (χ1) is 12.2. The van der Waals surface area contributed by atoms with Gasteiger partial charge in [-0.1, -0.05) is 28.9 Å². The van der Waals surface area contributed by atoms with E-state index < -0.39 is 0 Å². The molecule has 0 aliphatic carbocycles. The standard InChI is InChI=1S/C17H22ClN5OS/c1-2-19-17(21-14-7-4-8-25-11-14)20-10-15-22-16(23-24-15)12-5-3-6-13(18)9-12/h3,5-6,9,14H,2,4,7-8,10-11H2,1H3,(H2,19,20,21). The van der Waals surface area contributed by atoms with E-state index in [9.17, 15) is 0 Å². The van der Waals surface area contributed by atoms with Crippen LogP contribution in [-0.4, -0.2) is 40.2 Å². The van der Waals surface area contributed by atoms with Gasteiger partial charge in [0.1, 0.15) is 6.54 Å². The van der Waals surface area contributed by atoms with Crippen molar-refractivity contribution in [2.45, 2.75) is 32.4 Å². The lowest BCUT2D eigenvalue weighted by atomic mass is 10.2. The Labute approximate surface area is 156 Å². The average Bonchev–Trinajstić information content (AvgIpc) is 3.10. The van der Waals surface area contributed by atoms with Crippen molar-refractivity contribution in [2.75, 3.05) is 18.1 Å². The Bertz CT molecular complexity index is 715. The lowest BCUT2D eigenvalue weighted by Gasteiger charge is -2.24. The number of nitrogens with one attached hydrogen (secondary N) is 2. The number of hydrogen-bond donors (Lipinski definition) is 2. The highest BCUT2D eigenvalue weighted by molar-refractivity contribution is 7.99. The summed E-state index contributed by atoms with van der Waals surface area (Å²) in [5.41, 5.74) is 0.829. The number of halogens is 1. The Balaban J connectivity index is 1.64. The summed E-state index contributed by atoms with van der Waals surface area (Å²) < 4.78 is 5.31. The zero-order valence-corrected chi connectivity index (χ0v) is 15.7. The normalized spacial score (nSPS) is 18.2. The van der Waals surface area contributed by atoms with Crippen molar-refractivity contribution < 1.29 is 4.52 Å². The van der Waals surface area contributed by atoms with Gasteiger partial charge in [-0.3, -0.25) is 0 Å². The summed E-state index contributed by atoms with van der Waals surface area (Å²) in [6.07, 6.45) is 2.42. The van der Waals surface area contributed by atoms with Gasteiger partial charge < -0.3 is 15.2 Å². The van der Waals surface area contributed by atoms with Crippen LogP contribution in [0, 0.1) is 0 Å². The first kappa shape index (κ1) is 18.1. The van der Waals surface area contributed by atoms with E-state index in [1.165, 1.54) is 18.6 Å². The lowest BCUT2D eigenvalue weighted by Crippen LogP contribution is -2.45. The van der Waals surface area contributed by atoms with Crippen molar-refractivity contribution in [1.82, 2.24) is 20.8 Å². The molecule has 0 spiro atoms. The fourth-order valence-corrected chi connectivity index (χ4v) is 3.84. The highest BCUT2D eigenvalue weighted by atomic mass is 35.5. The molecule has 1 aliphatic heterocycles. The van der Waals surface area contributed by atoms with Gasteiger partial charge in [-0.2, -0.15) is 16.7 Å². The van der Waals surface area contributed by atoms with E-state index in [0.29, 0.717) is 29.3 Å². The molecule has 1 aliphatic rings. The van der Waals surface area contributed by atoms with E-state index in [1.54, 1.807) is 0 Å². The minimum atomic E-state index is 0.336. The first-order valence-corrected chi connectivity index (χ1v) is 9.99. The van der Waals surface area contributed by atoms with Crippen LogP contribution in [0.4, 0.5) is 0 Å². The Hall–Kier alpha value is -1.73. The number of aromatic nitrogens is 2. The molecule has 1 atom stereocenters. The van der Waals surface area contributed by atoms with E-state index in [2.05, 4.69) is 32.7 Å². The molecule has 1 aromatic heterocycles. The number of rotatable bonds is 5. The van der Waals surface area contributed by atoms with Crippen LogP contribution in [0.5, 0.6) is 0 Å². The highest BCUT2D eigenvalue weighted by Gasteiger charge is 2.15. The molecular weight excluding hydrogens is 358 g/mol. The minimum absolute atomic E-state index is 0.336. The fourth-order valence-electron chi connectivity index (χ4n) is 2.58. The van der Waals surface area contributed by atoms with Gasteiger partial charge in [-0.05, 0) is 37.7 Å². The van der Waals surface area contributed by atoms with Gasteiger partial charge in [0.05, 0.1) is 0 Å².